The fraction of sp³-hybridized carbons (Fsp3) is 0.917. The van der Waals surface area contributed by atoms with Gasteiger partial charge in [0.05, 0.1) is 6.07 Å². The molecule has 0 saturated heterocycles. The third-order valence-corrected chi connectivity index (χ3v) is 2.30. The second kappa shape index (κ2) is 6.81. The zero-order valence-electron chi connectivity index (χ0n) is 10.8. The summed E-state index contributed by atoms with van der Waals surface area (Å²) in [7, 11) is 0. The Bertz CT molecular complexity index is 198. The molecule has 0 aliphatic carbocycles. The number of nitrogens with zero attached hydrogens (tertiary/aromatic N) is 2. The zero-order chi connectivity index (χ0) is 11.9. The predicted octanol–water partition coefficient (Wildman–Crippen LogP) is 2.00. The van der Waals surface area contributed by atoms with Crippen LogP contribution in [0.1, 0.15) is 41.0 Å². The largest absolute Gasteiger partial charge is 0.311 e. The van der Waals surface area contributed by atoms with Crippen molar-refractivity contribution >= 4 is 0 Å². The predicted molar refractivity (Wildman–Crippen MR) is 64.7 cm³/mol. The van der Waals surface area contributed by atoms with Crippen LogP contribution in [0, 0.1) is 11.3 Å². The summed E-state index contributed by atoms with van der Waals surface area (Å²) in [5, 5.41) is 12.0. The Balaban J connectivity index is 3.82. The summed E-state index contributed by atoms with van der Waals surface area (Å²) in [6.45, 7) is 13.7. The van der Waals surface area contributed by atoms with Crippen LogP contribution in [0.5, 0.6) is 0 Å². The molecule has 0 saturated carbocycles. The van der Waals surface area contributed by atoms with Crippen LogP contribution in [-0.2, 0) is 0 Å². The van der Waals surface area contributed by atoms with Gasteiger partial charge in [-0.15, -0.1) is 0 Å². The average Bonchev–Trinajstić information content (AvgIpc) is 2.08. The molecule has 0 atom stereocenters. The first-order valence-corrected chi connectivity index (χ1v) is 5.73. The van der Waals surface area contributed by atoms with E-state index in [0.717, 1.165) is 19.6 Å². The molecule has 88 valence electrons. The Labute approximate surface area is 94.5 Å². The second-order valence-corrected chi connectivity index (χ2v) is 5.21. The van der Waals surface area contributed by atoms with E-state index < -0.39 is 0 Å². The first-order chi connectivity index (χ1) is 6.87. The van der Waals surface area contributed by atoms with Gasteiger partial charge in [0.1, 0.15) is 0 Å². The smallest absolute Gasteiger partial charge is 0.0635 e. The van der Waals surface area contributed by atoms with Crippen LogP contribution in [0.15, 0.2) is 0 Å². The molecule has 0 heterocycles. The molecular formula is C12H25N3. The highest BCUT2D eigenvalue weighted by Crippen LogP contribution is 2.01. The van der Waals surface area contributed by atoms with Crippen molar-refractivity contribution in [2.45, 2.75) is 52.6 Å². The Morgan fingerprint density at radius 1 is 1.27 bits per heavy atom. The van der Waals surface area contributed by atoms with E-state index in [0.29, 0.717) is 12.5 Å². The van der Waals surface area contributed by atoms with E-state index in [4.69, 9.17) is 5.26 Å². The summed E-state index contributed by atoms with van der Waals surface area (Å²) in [6.07, 6.45) is 0.619. The first-order valence-electron chi connectivity index (χ1n) is 5.73. The fourth-order valence-corrected chi connectivity index (χ4v) is 1.40. The number of nitrogens with one attached hydrogen (secondary N) is 1. The van der Waals surface area contributed by atoms with Crippen LogP contribution in [-0.4, -0.2) is 36.1 Å². The monoisotopic (exact) mass is 211 g/mol. The molecule has 0 radical (unpaired) electrons. The molecule has 0 fully saturated rings. The Morgan fingerprint density at radius 3 is 2.27 bits per heavy atom. The molecule has 0 aliphatic heterocycles. The van der Waals surface area contributed by atoms with E-state index in [9.17, 15) is 0 Å². The van der Waals surface area contributed by atoms with Gasteiger partial charge in [0, 0.05) is 37.6 Å². The molecule has 0 unspecified atom stereocenters. The summed E-state index contributed by atoms with van der Waals surface area (Å²) >= 11 is 0. The second-order valence-electron chi connectivity index (χ2n) is 5.21. The van der Waals surface area contributed by atoms with Crippen molar-refractivity contribution in [3.63, 3.8) is 0 Å². The lowest BCUT2D eigenvalue weighted by Crippen LogP contribution is -2.43. The van der Waals surface area contributed by atoms with Gasteiger partial charge in [0.2, 0.25) is 0 Å². The topological polar surface area (TPSA) is 39.1 Å². The molecule has 3 heteroatoms. The van der Waals surface area contributed by atoms with Crippen LogP contribution < -0.4 is 5.32 Å². The van der Waals surface area contributed by atoms with Gasteiger partial charge < -0.3 is 5.32 Å². The number of rotatable bonds is 6. The molecule has 0 aromatic rings. The van der Waals surface area contributed by atoms with Crippen LogP contribution >= 0.6 is 0 Å². The Morgan fingerprint density at radius 2 is 1.87 bits per heavy atom. The highest BCUT2D eigenvalue weighted by molar-refractivity contribution is 4.76. The number of nitriles is 1. The van der Waals surface area contributed by atoms with Crippen LogP contribution in [0.2, 0.25) is 0 Å². The molecule has 0 amide bonds. The third-order valence-electron chi connectivity index (χ3n) is 2.30. The maximum atomic E-state index is 8.56. The highest BCUT2D eigenvalue weighted by atomic mass is 15.2. The van der Waals surface area contributed by atoms with Gasteiger partial charge in [-0.3, -0.25) is 4.90 Å². The maximum Gasteiger partial charge on any atom is 0.0635 e. The van der Waals surface area contributed by atoms with E-state index in [1.54, 1.807) is 0 Å². The van der Waals surface area contributed by atoms with Crippen molar-refractivity contribution in [2.75, 3.05) is 19.6 Å². The van der Waals surface area contributed by atoms with E-state index in [1.807, 2.05) is 0 Å². The van der Waals surface area contributed by atoms with Crippen LogP contribution in [0.3, 0.4) is 0 Å². The van der Waals surface area contributed by atoms with E-state index in [2.05, 4.69) is 50.9 Å². The number of hydrogen-bond acceptors (Lipinski definition) is 3. The Kier molecular flexibility index (Phi) is 6.55. The van der Waals surface area contributed by atoms with Crippen molar-refractivity contribution < 1.29 is 0 Å². The molecule has 0 aromatic heterocycles. The molecule has 15 heavy (non-hydrogen) atoms. The summed E-state index contributed by atoms with van der Waals surface area (Å²) in [5.74, 6) is 0. The molecule has 0 bridgehead atoms. The zero-order valence-corrected chi connectivity index (χ0v) is 10.8. The SMILES string of the molecule is CC(C)N(CCC#N)CCNC(C)(C)C. The molecule has 0 spiro atoms. The molecule has 0 rings (SSSR count). The molecule has 3 nitrogen and oxygen atoms in total. The van der Waals surface area contributed by atoms with Gasteiger partial charge in [-0.25, -0.2) is 0 Å². The van der Waals surface area contributed by atoms with Gasteiger partial charge in [-0.05, 0) is 34.6 Å². The van der Waals surface area contributed by atoms with Crippen molar-refractivity contribution in [2.24, 2.45) is 0 Å². The minimum absolute atomic E-state index is 0.178. The molecule has 1 N–H and O–H groups in total. The lowest BCUT2D eigenvalue weighted by Gasteiger charge is -2.28. The molecule has 0 aromatic carbocycles. The Hall–Kier alpha value is -0.590. The summed E-state index contributed by atoms with van der Waals surface area (Å²) in [6, 6.07) is 2.71. The van der Waals surface area contributed by atoms with Gasteiger partial charge in [-0.2, -0.15) is 5.26 Å². The fourth-order valence-electron chi connectivity index (χ4n) is 1.40. The van der Waals surface area contributed by atoms with Crippen molar-refractivity contribution in [3.05, 3.63) is 0 Å². The normalized spacial score (nSPS) is 12.1. The standard InChI is InChI=1S/C12H25N3/c1-11(2)15(9-6-7-13)10-8-14-12(3,4)5/h11,14H,6,8-10H2,1-5H3. The van der Waals surface area contributed by atoms with E-state index in [-0.39, 0.29) is 5.54 Å². The molecule has 0 aliphatic rings. The van der Waals surface area contributed by atoms with Gasteiger partial charge in [0.15, 0.2) is 0 Å². The summed E-state index contributed by atoms with van der Waals surface area (Å²) < 4.78 is 0. The minimum atomic E-state index is 0.178. The maximum absolute atomic E-state index is 8.56. The van der Waals surface area contributed by atoms with Crippen LogP contribution in [0.25, 0.3) is 0 Å². The third kappa shape index (κ3) is 8.41. The minimum Gasteiger partial charge on any atom is -0.311 e. The quantitative estimate of drug-likeness (QED) is 0.730. The lowest BCUT2D eigenvalue weighted by molar-refractivity contribution is 0.219. The van der Waals surface area contributed by atoms with Gasteiger partial charge in [0.25, 0.3) is 0 Å². The summed E-state index contributed by atoms with van der Waals surface area (Å²) in [5.41, 5.74) is 0.178. The van der Waals surface area contributed by atoms with Gasteiger partial charge >= 0.3 is 0 Å². The van der Waals surface area contributed by atoms with Crippen molar-refractivity contribution in [3.8, 4) is 6.07 Å². The highest BCUT2D eigenvalue weighted by Gasteiger charge is 2.11. The van der Waals surface area contributed by atoms with E-state index in [1.165, 1.54) is 0 Å². The van der Waals surface area contributed by atoms with Gasteiger partial charge in [-0.1, -0.05) is 0 Å². The average molecular weight is 211 g/mol. The van der Waals surface area contributed by atoms with Crippen LogP contribution in [0.4, 0.5) is 0 Å². The summed E-state index contributed by atoms with van der Waals surface area (Å²) in [4.78, 5) is 2.34. The van der Waals surface area contributed by atoms with Crippen molar-refractivity contribution in [1.29, 1.82) is 5.26 Å². The number of hydrogen-bond donors (Lipinski definition) is 1. The lowest BCUT2D eigenvalue weighted by atomic mass is 10.1. The van der Waals surface area contributed by atoms with Crippen molar-refractivity contribution in [1.82, 2.24) is 10.2 Å². The van der Waals surface area contributed by atoms with E-state index >= 15 is 0 Å². The molecular weight excluding hydrogens is 186 g/mol. The first kappa shape index (κ1) is 14.4.